The van der Waals surface area contributed by atoms with E-state index in [1.54, 1.807) is 45.6 Å². The zero-order valence-corrected chi connectivity index (χ0v) is 25.2. The molecule has 222 valence electrons. The normalized spacial score (nSPS) is 13.2. The molecule has 0 spiro atoms. The molecule has 4 rings (SSSR count). The molecule has 2 unspecified atom stereocenters. The Kier molecular flexibility index (Phi) is 11.6. The molecule has 0 fully saturated rings. The molecule has 0 amide bonds. The molecule has 2 atom stereocenters. The fourth-order valence-corrected chi connectivity index (χ4v) is 5.60. The first kappa shape index (κ1) is 32.7. The van der Waals surface area contributed by atoms with Crippen molar-refractivity contribution in [2.24, 2.45) is 5.11 Å². The summed E-state index contributed by atoms with van der Waals surface area (Å²) < 4.78 is 22.0. The molecule has 2 N–H and O–H groups in total. The number of aliphatic hydroxyl groups excluding tert-OH is 1. The van der Waals surface area contributed by atoms with Gasteiger partial charge >= 0.3 is 7.82 Å². The molecule has 0 radical (unpaired) electrons. The van der Waals surface area contributed by atoms with Crippen LogP contribution < -0.4 is 0 Å². The molecule has 1 aromatic heterocycles. The van der Waals surface area contributed by atoms with E-state index in [4.69, 9.17) is 15.5 Å². The maximum Gasteiger partial charge on any atom is 0.472 e. The summed E-state index contributed by atoms with van der Waals surface area (Å²) in [4.78, 5) is 16.2. The topological polar surface area (TPSA) is 155 Å². The quantitative estimate of drug-likeness (QED) is 0.0639. The van der Waals surface area contributed by atoms with Crippen LogP contribution in [-0.4, -0.2) is 43.1 Å². The lowest BCUT2D eigenvalue weighted by atomic mass is 9.77. The summed E-state index contributed by atoms with van der Waals surface area (Å²) in [6.07, 6.45) is 0.102. The van der Waals surface area contributed by atoms with Crippen molar-refractivity contribution in [2.45, 2.75) is 64.5 Å². The van der Waals surface area contributed by atoms with Gasteiger partial charge in [0.05, 0.1) is 18.3 Å². The van der Waals surface area contributed by atoms with Gasteiger partial charge in [0, 0.05) is 4.91 Å². The average Bonchev–Trinajstić information content (AvgIpc) is 3.42. The third kappa shape index (κ3) is 8.14. The Balaban J connectivity index is 0.000000375. The molecule has 0 bridgehead atoms. The number of aromatic nitrogens is 3. The van der Waals surface area contributed by atoms with Crippen LogP contribution in [0.4, 0.5) is 0 Å². The molecule has 1 heterocycles. The number of phosphoric ester groups is 1. The second-order valence-corrected chi connectivity index (χ2v) is 11.4. The van der Waals surface area contributed by atoms with Crippen molar-refractivity contribution >= 4 is 7.82 Å². The Morgan fingerprint density at radius 2 is 1.24 bits per heavy atom. The first-order chi connectivity index (χ1) is 20.0. The molecular weight excluding hydrogens is 555 g/mol. The van der Waals surface area contributed by atoms with Crippen LogP contribution in [0.1, 0.15) is 63.2 Å². The second kappa shape index (κ2) is 14.9. The zero-order chi connectivity index (χ0) is 30.8. The average molecular weight is 593 g/mol. The van der Waals surface area contributed by atoms with Crippen molar-refractivity contribution in [3.8, 4) is 0 Å². The second-order valence-electron chi connectivity index (χ2n) is 10.0. The van der Waals surface area contributed by atoms with E-state index in [1.165, 1.54) is 0 Å². The van der Waals surface area contributed by atoms with Crippen molar-refractivity contribution < 1.29 is 23.6 Å². The van der Waals surface area contributed by atoms with Crippen molar-refractivity contribution in [1.82, 2.24) is 14.8 Å². The van der Waals surface area contributed by atoms with E-state index in [2.05, 4.69) is 60.5 Å². The molecule has 0 aliphatic rings. The lowest BCUT2D eigenvalue weighted by Crippen LogP contribution is -2.38. The number of phosphoric acid groups is 1. The minimum absolute atomic E-state index is 0.264. The lowest BCUT2D eigenvalue weighted by Gasteiger charge is -2.36. The van der Waals surface area contributed by atoms with Crippen LogP contribution in [0.25, 0.3) is 10.4 Å². The van der Waals surface area contributed by atoms with E-state index in [1.807, 2.05) is 54.6 Å². The molecular formula is C30H37N6O5P. The third-order valence-electron chi connectivity index (χ3n) is 6.01. The number of aliphatic hydroxyl groups is 1. The maximum absolute atomic E-state index is 10.9. The van der Waals surface area contributed by atoms with Crippen LogP contribution in [-0.2, 0) is 19.2 Å². The highest BCUT2D eigenvalue weighted by Gasteiger charge is 2.40. The molecule has 0 saturated carbocycles. The van der Waals surface area contributed by atoms with Crippen LogP contribution in [0.15, 0.2) is 102 Å². The van der Waals surface area contributed by atoms with Crippen molar-refractivity contribution in [1.29, 1.82) is 0 Å². The van der Waals surface area contributed by atoms with E-state index in [0.717, 1.165) is 16.7 Å². The summed E-state index contributed by atoms with van der Waals surface area (Å²) in [5, 5.41) is 18.5. The number of hydrogen-bond donors (Lipinski definition) is 2. The summed E-state index contributed by atoms with van der Waals surface area (Å²) in [6, 6.07) is 29.3. The Labute approximate surface area is 246 Å². The molecule has 3 aromatic carbocycles. The van der Waals surface area contributed by atoms with Crippen molar-refractivity contribution in [3.05, 3.63) is 130 Å². The third-order valence-corrected chi connectivity index (χ3v) is 7.39. The summed E-state index contributed by atoms with van der Waals surface area (Å²) in [6.45, 7) is 8.25. The summed E-state index contributed by atoms with van der Waals surface area (Å²) in [5.41, 5.74) is 11.1. The van der Waals surface area contributed by atoms with Gasteiger partial charge in [-0.2, -0.15) is 5.10 Å². The van der Waals surface area contributed by atoms with Gasteiger partial charge in [-0.05, 0) is 56.8 Å². The van der Waals surface area contributed by atoms with E-state index >= 15 is 0 Å². The van der Waals surface area contributed by atoms with Gasteiger partial charge in [0.15, 0.2) is 5.82 Å². The highest BCUT2D eigenvalue weighted by Crippen LogP contribution is 2.45. The predicted molar refractivity (Wildman–Crippen MR) is 160 cm³/mol. The number of rotatable bonds is 11. The fourth-order valence-electron chi connectivity index (χ4n) is 4.49. The van der Waals surface area contributed by atoms with Crippen molar-refractivity contribution in [3.63, 3.8) is 0 Å². The first-order valence-electron chi connectivity index (χ1n) is 13.5. The summed E-state index contributed by atoms with van der Waals surface area (Å²) in [7, 11) is -3.80. The number of nitrogens with zero attached hydrogens (tertiary/aromatic N) is 6. The van der Waals surface area contributed by atoms with E-state index in [9.17, 15) is 9.67 Å². The Morgan fingerprint density at radius 3 is 1.57 bits per heavy atom. The van der Waals surface area contributed by atoms with E-state index < -0.39 is 25.5 Å². The van der Waals surface area contributed by atoms with E-state index in [-0.39, 0.29) is 18.0 Å². The minimum Gasteiger partial charge on any atom is -0.393 e. The number of benzene rings is 3. The fraction of sp³-hybridized carbons (Fsp3) is 0.333. The summed E-state index contributed by atoms with van der Waals surface area (Å²) in [5.74, 6) is 0.264. The number of azide groups is 1. The molecule has 12 heteroatoms. The molecule has 11 nitrogen and oxygen atoms in total. The van der Waals surface area contributed by atoms with Crippen LogP contribution in [0, 0.1) is 0 Å². The Morgan fingerprint density at radius 1 is 0.833 bits per heavy atom. The summed E-state index contributed by atoms with van der Waals surface area (Å²) >= 11 is 0. The van der Waals surface area contributed by atoms with Gasteiger partial charge in [0.25, 0.3) is 0 Å². The SMILES string of the molecule is CC(C)OP(=O)(O)OC(C)C.CC(O)C(N=[N+]=[N-])c1ncn(C(c2ccccc2)(c2ccccc2)c2ccccc2)n1. The number of hydrogen-bond acceptors (Lipinski definition) is 7. The predicted octanol–water partition coefficient (Wildman–Crippen LogP) is 6.79. The Hall–Kier alpha value is -3.82. The maximum atomic E-state index is 10.9. The van der Waals surface area contributed by atoms with E-state index in [0.29, 0.717) is 0 Å². The van der Waals surface area contributed by atoms with Gasteiger partial charge in [0.1, 0.15) is 17.9 Å². The lowest BCUT2D eigenvalue weighted by molar-refractivity contribution is 0.0984. The molecule has 42 heavy (non-hydrogen) atoms. The zero-order valence-electron chi connectivity index (χ0n) is 24.3. The molecule has 0 aliphatic heterocycles. The highest BCUT2D eigenvalue weighted by atomic mass is 31.2. The van der Waals surface area contributed by atoms with Crippen LogP contribution in [0.3, 0.4) is 0 Å². The van der Waals surface area contributed by atoms with Gasteiger partial charge in [-0.3, -0.25) is 9.05 Å². The van der Waals surface area contributed by atoms with Gasteiger partial charge in [0.2, 0.25) is 0 Å². The molecule has 4 aromatic rings. The Bertz CT molecular complexity index is 1370. The smallest absolute Gasteiger partial charge is 0.393 e. The van der Waals surface area contributed by atoms with Crippen LogP contribution in [0.2, 0.25) is 0 Å². The molecule has 0 saturated heterocycles. The first-order valence-corrected chi connectivity index (χ1v) is 15.0. The largest absolute Gasteiger partial charge is 0.472 e. The van der Waals surface area contributed by atoms with Crippen molar-refractivity contribution in [2.75, 3.05) is 0 Å². The van der Waals surface area contributed by atoms with Crippen LogP contribution in [0.5, 0.6) is 0 Å². The monoisotopic (exact) mass is 592 g/mol. The van der Waals surface area contributed by atoms with Gasteiger partial charge in [-0.25, -0.2) is 14.2 Å². The van der Waals surface area contributed by atoms with Crippen LogP contribution >= 0.6 is 7.82 Å². The van der Waals surface area contributed by atoms with Gasteiger partial charge in [-0.15, -0.1) is 0 Å². The minimum atomic E-state index is -3.80. The molecule has 0 aliphatic carbocycles. The standard InChI is InChI=1S/C24H22N6O.C6H15O4P/c1-18(31)22(27-29-25)23-26-17-30(28-23)24(19-11-5-2-6-12-19,20-13-7-3-8-14-20)21-15-9-4-10-16-21;1-5(2)9-11(7,8)10-6(3)4/h2-18,22,31H,1H3;5-6H,1-4H3,(H,7,8). The van der Waals surface area contributed by atoms with Gasteiger partial charge in [-0.1, -0.05) is 96.1 Å². The van der Waals surface area contributed by atoms with Gasteiger partial charge < -0.3 is 10.00 Å². The highest BCUT2D eigenvalue weighted by molar-refractivity contribution is 7.47.